The fourth-order valence-corrected chi connectivity index (χ4v) is 1.87. The number of carboxylic acid groups (broad SMARTS) is 1. The molecule has 82 valence electrons. The van der Waals surface area contributed by atoms with E-state index in [0.29, 0.717) is 11.4 Å². The molecule has 1 heterocycles. The number of carbonyl (C=O) groups is 1. The van der Waals surface area contributed by atoms with Crippen molar-refractivity contribution in [2.24, 2.45) is 0 Å². The standard InChI is InChI=1S/C13H13NO2/c1-8(2)9-5-6-11(13(15)16)12-10(9)4-3-7-14-12/h3-8H,1-2H3,(H,15,16). The molecule has 0 spiro atoms. The molecule has 0 unspecified atom stereocenters. The Bertz CT molecular complexity index is 547. The molecule has 0 bridgehead atoms. The summed E-state index contributed by atoms with van der Waals surface area (Å²) in [5.74, 6) is -0.575. The third-order valence-electron chi connectivity index (χ3n) is 2.66. The van der Waals surface area contributed by atoms with Gasteiger partial charge in [-0.3, -0.25) is 4.98 Å². The minimum atomic E-state index is -0.931. The zero-order valence-corrected chi connectivity index (χ0v) is 9.27. The normalized spacial score (nSPS) is 10.9. The van der Waals surface area contributed by atoms with E-state index in [1.165, 1.54) is 0 Å². The second-order valence-electron chi connectivity index (χ2n) is 4.06. The molecule has 0 saturated heterocycles. The van der Waals surface area contributed by atoms with Crippen LogP contribution in [0.4, 0.5) is 0 Å². The number of hydrogen-bond donors (Lipinski definition) is 1. The quantitative estimate of drug-likeness (QED) is 0.837. The first-order chi connectivity index (χ1) is 7.61. The molecular weight excluding hydrogens is 202 g/mol. The van der Waals surface area contributed by atoms with Gasteiger partial charge in [0, 0.05) is 11.6 Å². The summed E-state index contributed by atoms with van der Waals surface area (Å²) in [6.45, 7) is 4.17. The summed E-state index contributed by atoms with van der Waals surface area (Å²) in [7, 11) is 0. The maximum absolute atomic E-state index is 11.1. The maximum Gasteiger partial charge on any atom is 0.337 e. The Morgan fingerprint density at radius 2 is 2.06 bits per heavy atom. The topological polar surface area (TPSA) is 50.2 Å². The van der Waals surface area contributed by atoms with Gasteiger partial charge in [-0.2, -0.15) is 0 Å². The minimum absolute atomic E-state index is 0.264. The van der Waals surface area contributed by atoms with Crippen LogP contribution >= 0.6 is 0 Å². The van der Waals surface area contributed by atoms with Gasteiger partial charge in [-0.1, -0.05) is 26.0 Å². The van der Waals surface area contributed by atoms with Crippen LogP contribution in [0.2, 0.25) is 0 Å². The van der Waals surface area contributed by atoms with Crippen molar-refractivity contribution in [3.8, 4) is 0 Å². The van der Waals surface area contributed by atoms with E-state index >= 15 is 0 Å². The number of fused-ring (bicyclic) bond motifs is 1. The van der Waals surface area contributed by atoms with Gasteiger partial charge in [-0.25, -0.2) is 4.79 Å². The third kappa shape index (κ3) is 1.65. The second kappa shape index (κ2) is 3.93. The fraction of sp³-hybridized carbons (Fsp3) is 0.231. The van der Waals surface area contributed by atoms with Crippen LogP contribution in [0.1, 0.15) is 35.7 Å². The lowest BCUT2D eigenvalue weighted by atomic mass is 9.96. The van der Waals surface area contributed by atoms with Crippen molar-refractivity contribution in [1.82, 2.24) is 4.98 Å². The molecule has 16 heavy (non-hydrogen) atoms. The molecule has 0 atom stereocenters. The van der Waals surface area contributed by atoms with Crippen molar-refractivity contribution in [3.63, 3.8) is 0 Å². The van der Waals surface area contributed by atoms with Crippen LogP contribution in [-0.2, 0) is 0 Å². The summed E-state index contributed by atoms with van der Waals surface area (Å²) in [5.41, 5.74) is 1.97. The molecule has 2 rings (SSSR count). The Balaban J connectivity index is 2.82. The molecule has 0 saturated carbocycles. The lowest BCUT2D eigenvalue weighted by Gasteiger charge is -2.10. The molecule has 0 aliphatic carbocycles. The predicted molar refractivity (Wildman–Crippen MR) is 62.8 cm³/mol. The number of carboxylic acids is 1. The van der Waals surface area contributed by atoms with Gasteiger partial charge in [0.15, 0.2) is 0 Å². The molecule has 2 aromatic rings. The number of aromatic nitrogens is 1. The third-order valence-corrected chi connectivity index (χ3v) is 2.66. The Morgan fingerprint density at radius 1 is 1.31 bits per heavy atom. The number of aromatic carboxylic acids is 1. The van der Waals surface area contributed by atoms with Crippen LogP contribution in [0.25, 0.3) is 10.9 Å². The Labute approximate surface area is 93.7 Å². The highest BCUT2D eigenvalue weighted by molar-refractivity contribution is 6.02. The van der Waals surface area contributed by atoms with Crippen molar-refractivity contribution in [1.29, 1.82) is 0 Å². The molecule has 3 nitrogen and oxygen atoms in total. The first kappa shape index (κ1) is 10.6. The van der Waals surface area contributed by atoms with Crippen molar-refractivity contribution in [2.45, 2.75) is 19.8 Å². The summed E-state index contributed by atoms with van der Waals surface area (Å²) in [6, 6.07) is 7.26. The summed E-state index contributed by atoms with van der Waals surface area (Å²) in [5, 5.41) is 10.0. The monoisotopic (exact) mass is 215 g/mol. The molecule has 1 N–H and O–H groups in total. The number of pyridine rings is 1. The molecular formula is C13H13NO2. The molecule has 1 aromatic carbocycles. The predicted octanol–water partition coefficient (Wildman–Crippen LogP) is 3.06. The van der Waals surface area contributed by atoms with Gasteiger partial charge >= 0.3 is 5.97 Å². The first-order valence-corrected chi connectivity index (χ1v) is 5.22. The molecule has 0 fully saturated rings. The van der Waals surface area contributed by atoms with E-state index in [0.717, 1.165) is 10.9 Å². The van der Waals surface area contributed by atoms with Crippen LogP contribution in [0.3, 0.4) is 0 Å². The maximum atomic E-state index is 11.1. The Morgan fingerprint density at radius 3 is 2.69 bits per heavy atom. The van der Waals surface area contributed by atoms with Gasteiger partial charge < -0.3 is 5.11 Å². The fourth-order valence-electron chi connectivity index (χ4n) is 1.87. The van der Waals surface area contributed by atoms with Crippen LogP contribution in [-0.4, -0.2) is 16.1 Å². The second-order valence-corrected chi connectivity index (χ2v) is 4.06. The highest BCUT2D eigenvalue weighted by Crippen LogP contribution is 2.26. The average molecular weight is 215 g/mol. The number of rotatable bonds is 2. The SMILES string of the molecule is CC(C)c1ccc(C(=O)O)c2ncccc12. The summed E-state index contributed by atoms with van der Waals surface area (Å²) >= 11 is 0. The summed E-state index contributed by atoms with van der Waals surface area (Å²) < 4.78 is 0. The molecule has 0 amide bonds. The zero-order chi connectivity index (χ0) is 11.7. The number of nitrogens with zero attached hydrogens (tertiary/aromatic N) is 1. The Hall–Kier alpha value is -1.90. The lowest BCUT2D eigenvalue weighted by Crippen LogP contribution is -2.01. The molecule has 0 aliphatic rings. The zero-order valence-electron chi connectivity index (χ0n) is 9.27. The molecule has 0 aliphatic heterocycles. The van der Waals surface area contributed by atoms with Crippen molar-refractivity contribution in [2.75, 3.05) is 0 Å². The van der Waals surface area contributed by atoms with E-state index < -0.39 is 5.97 Å². The number of benzene rings is 1. The van der Waals surface area contributed by atoms with Crippen molar-refractivity contribution < 1.29 is 9.90 Å². The largest absolute Gasteiger partial charge is 0.478 e. The van der Waals surface area contributed by atoms with Gasteiger partial charge in [0.2, 0.25) is 0 Å². The van der Waals surface area contributed by atoms with E-state index in [1.54, 1.807) is 12.3 Å². The smallest absolute Gasteiger partial charge is 0.337 e. The van der Waals surface area contributed by atoms with Crippen LogP contribution in [0, 0.1) is 0 Å². The van der Waals surface area contributed by atoms with Gasteiger partial charge in [-0.15, -0.1) is 0 Å². The summed E-state index contributed by atoms with van der Waals surface area (Å²) in [6.07, 6.45) is 1.62. The number of hydrogen-bond acceptors (Lipinski definition) is 2. The van der Waals surface area contributed by atoms with E-state index in [9.17, 15) is 4.79 Å². The highest BCUT2D eigenvalue weighted by atomic mass is 16.4. The van der Waals surface area contributed by atoms with Crippen molar-refractivity contribution in [3.05, 3.63) is 41.6 Å². The Kier molecular flexibility index (Phi) is 2.60. The van der Waals surface area contributed by atoms with Crippen LogP contribution in [0.5, 0.6) is 0 Å². The molecule has 3 heteroatoms. The van der Waals surface area contributed by atoms with E-state index in [4.69, 9.17) is 5.11 Å². The van der Waals surface area contributed by atoms with Gasteiger partial charge in [0.25, 0.3) is 0 Å². The van der Waals surface area contributed by atoms with Gasteiger partial charge in [-0.05, 0) is 23.6 Å². The van der Waals surface area contributed by atoms with Gasteiger partial charge in [0.1, 0.15) is 0 Å². The summed E-state index contributed by atoms with van der Waals surface area (Å²) in [4.78, 5) is 15.2. The average Bonchev–Trinajstić information content (AvgIpc) is 2.27. The first-order valence-electron chi connectivity index (χ1n) is 5.22. The highest BCUT2D eigenvalue weighted by Gasteiger charge is 2.13. The van der Waals surface area contributed by atoms with Gasteiger partial charge in [0.05, 0.1) is 11.1 Å². The van der Waals surface area contributed by atoms with Crippen molar-refractivity contribution >= 4 is 16.9 Å². The van der Waals surface area contributed by atoms with E-state index in [2.05, 4.69) is 18.8 Å². The van der Waals surface area contributed by atoms with E-state index in [-0.39, 0.29) is 5.56 Å². The van der Waals surface area contributed by atoms with E-state index in [1.807, 2.05) is 18.2 Å². The molecule has 0 radical (unpaired) electrons. The minimum Gasteiger partial charge on any atom is -0.478 e. The lowest BCUT2D eigenvalue weighted by molar-refractivity contribution is 0.0699. The van der Waals surface area contributed by atoms with Crippen LogP contribution in [0.15, 0.2) is 30.5 Å². The molecule has 1 aromatic heterocycles. The van der Waals surface area contributed by atoms with Crippen LogP contribution < -0.4 is 0 Å².